The van der Waals surface area contributed by atoms with Crippen molar-refractivity contribution >= 4 is 23.4 Å². The minimum absolute atomic E-state index is 0.450. The molecule has 0 radical (unpaired) electrons. The third-order valence-electron chi connectivity index (χ3n) is 9.60. The second-order valence-corrected chi connectivity index (χ2v) is 12.3. The summed E-state index contributed by atoms with van der Waals surface area (Å²) in [5.74, 6) is 1.44. The maximum absolute atomic E-state index is 9.77. The maximum atomic E-state index is 9.77. The van der Waals surface area contributed by atoms with Crippen molar-refractivity contribution in [3.8, 4) is 28.7 Å². The molecule has 1 fully saturated rings. The van der Waals surface area contributed by atoms with Crippen molar-refractivity contribution in [2.45, 2.75) is 44.3 Å². The van der Waals surface area contributed by atoms with E-state index in [1.54, 1.807) is 0 Å². The highest BCUT2D eigenvalue weighted by molar-refractivity contribution is 6.62. The Morgan fingerprint density at radius 3 is 2.10 bits per heavy atom. The van der Waals surface area contributed by atoms with Crippen LogP contribution in [0.25, 0.3) is 21.9 Å². The number of nitrogens with zero attached hydrogens (tertiary/aromatic N) is 1. The Bertz CT molecular complexity index is 1950. The average Bonchev–Trinajstić information content (AvgIpc) is 3.39. The van der Waals surface area contributed by atoms with E-state index in [-0.39, 0.29) is 0 Å². The van der Waals surface area contributed by atoms with Crippen LogP contribution in [-0.2, 0) is 14.7 Å². The fourth-order valence-electron chi connectivity index (χ4n) is 6.94. The first kappa shape index (κ1) is 24.4. The minimum Gasteiger partial charge on any atom is -0.457 e. The highest BCUT2D eigenvalue weighted by Crippen LogP contribution is 2.63. The number of benzene rings is 5. The number of nitriles is 1. The second-order valence-electron chi connectivity index (χ2n) is 12.3. The largest absolute Gasteiger partial charge is 0.494 e. The molecule has 198 valence electrons. The molecule has 0 aromatic heterocycles. The van der Waals surface area contributed by atoms with E-state index >= 15 is 0 Å². The molecule has 8 rings (SSSR count). The van der Waals surface area contributed by atoms with Gasteiger partial charge in [0.2, 0.25) is 0 Å². The zero-order valence-electron chi connectivity index (χ0n) is 23.5. The number of ether oxygens (including phenoxy) is 1. The van der Waals surface area contributed by atoms with Gasteiger partial charge in [-0.1, -0.05) is 78.9 Å². The first-order chi connectivity index (χ1) is 19.7. The lowest BCUT2D eigenvalue weighted by atomic mass is 9.65. The second kappa shape index (κ2) is 8.10. The molecule has 41 heavy (non-hydrogen) atoms. The van der Waals surface area contributed by atoms with E-state index in [0.29, 0.717) is 11.3 Å². The highest BCUT2D eigenvalue weighted by atomic mass is 16.7. The van der Waals surface area contributed by atoms with Crippen LogP contribution in [0.15, 0.2) is 97.1 Å². The van der Waals surface area contributed by atoms with Crippen LogP contribution < -0.4 is 10.2 Å². The van der Waals surface area contributed by atoms with Crippen LogP contribution in [0.3, 0.4) is 0 Å². The fraction of sp³-hybridized carbons (Fsp3) is 0.194. The van der Waals surface area contributed by atoms with E-state index in [2.05, 4.69) is 119 Å². The number of hydrogen-bond acceptors (Lipinski definition) is 4. The summed E-state index contributed by atoms with van der Waals surface area (Å²) in [4.78, 5) is 0. The number of fused-ring (bicyclic) bond motifs is 11. The third-order valence-corrected chi connectivity index (χ3v) is 9.60. The van der Waals surface area contributed by atoms with Gasteiger partial charge in [0, 0.05) is 11.1 Å². The van der Waals surface area contributed by atoms with E-state index in [0.717, 1.165) is 22.3 Å². The minimum atomic E-state index is -0.610. The van der Waals surface area contributed by atoms with Crippen molar-refractivity contribution in [1.82, 2.24) is 0 Å². The molecule has 2 aliphatic heterocycles. The van der Waals surface area contributed by atoms with Gasteiger partial charge in [0.05, 0.1) is 28.2 Å². The molecule has 0 N–H and O–H groups in total. The Balaban J connectivity index is 1.44. The van der Waals surface area contributed by atoms with Crippen LogP contribution in [0.1, 0.15) is 55.5 Å². The lowest BCUT2D eigenvalue weighted by Gasteiger charge is -2.39. The lowest BCUT2D eigenvalue weighted by molar-refractivity contribution is 0.00578. The summed E-state index contributed by atoms with van der Waals surface area (Å²) < 4.78 is 19.5. The van der Waals surface area contributed by atoms with Crippen molar-refractivity contribution in [2.75, 3.05) is 0 Å². The molecule has 4 nitrogen and oxygen atoms in total. The summed E-state index contributed by atoms with van der Waals surface area (Å²) in [6, 6.07) is 36.3. The molecule has 5 aromatic rings. The summed E-state index contributed by atoms with van der Waals surface area (Å²) in [6.45, 7) is 8.25. The predicted octanol–water partition coefficient (Wildman–Crippen LogP) is 7.48. The van der Waals surface area contributed by atoms with Gasteiger partial charge >= 0.3 is 7.12 Å². The molecule has 2 heterocycles. The molecular weight excluding hydrogens is 505 g/mol. The van der Waals surface area contributed by atoms with Crippen molar-refractivity contribution in [1.29, 1.82) is 5.26 Å². The van der Waals surface area contributed by atoms with E-state index in [4.69, 9.17) is 14.0 Å². The van der Waals surface area contributed by atoms with Gasteiger partial charge in [-0.05, 0) is 84.4 Å². The Morgan fingerprint density at radius 2 is 1.32 bits per heavy atom. The first-order valence-corrected chi connectivity index (χ1v) is 14.1. The van der Waals surface area contributed by atoms with Crippen molar-refractivity contribution in [3.05, 3.63) is 125 Å². The van der Waals surface area contributed by atoms with Crippen molar-refractivity contribution in [2.24, 2.45) is 0 Å². The summed E-state index contributed by atoms with van der Waals surface area (Å²) in [5, 5.41) is 12.2. The van der Waals surface area contributed by atoms with Gasteiger partial charge in [-0.3, -0.25) is 0 Å². The molecule has 1 atom stereocenters. The quantitative estimate of drug-likeness (QED) is 0.205. The summed E-state index contributed by atoms with van der Waals surface area (Å²) >= 11 is 0. The standard InChI is InChI=1S/C36H28BNO3/c1-34(2)35(3,4)41-37(40-34)24-15-18-29-32(20-24)39-31-19-22(21-38)13-16-28(31)36(29)27-12-8-7-11-26(27)33-25-10-6-5-9-23(25)14-17-30(33)36/h5-20H,1-4H3. The van der Waals surface area contributed by atoms with Crippen molar-refractivity contribution < 1.29 is 14.0 Å². The Labute approximate surface area is 240 Å². The Kier molecular flexibility index (Phi) is 4.83. The lowest BCUT2D eigenvalue weighted by Crippen LogP contribution is -2.41. The van der Waals surface area contributed by atoms with Crippen LogP contribution >= 0.6 is 0 Å². The van der Waals surface area contributed by atoms with Gasteiger partial charge in [-0.25, -0.2) is 0 Å². The summed E-state index contributed by atoms with van der Waals surface area (Å²) in [5.41, 5.74) is 6.96. The predicted molar refractivity (Wildman–Crippen MR) is 162 cm³/mol. The molecule has 5 aromatic carbocycles. The van der Waals surface area contributed by atoms with Gasteiger partial charge in [0.15, 0.2) is 0 Å². The van der Waals surface area contributed by atoms with Crippen LogP contribution in [-0.4, -0.2) is 18.3 Å². The van der Waals surface area contributed by atoms with E-state index in [1.807, 2.05) is 12.1 Å². The normalized spacial score (nSPS) is 20.6. The molecule has 5 heteroatoms. The number of hydrogen-bond donors (Lipinski definition) is 0. The van der Waals surface area contributed by atoms with Gasteiger partial charge in [0.25, 0.3) is 0 Å². The van der Waals surface area contributed by atoms with Crippen molar-refractivity contribution in [3.63, 3.8) is 0 Å². The molecule has 0 amide bonds. The average molecular weight is 533 g/mol. The monoisotopic (exact) mass is 533 g/mol. The van der Waals surface area contributed by atoms with Gasteiger partial charge in [-0.15, -0.1) is 0 Å². The van der Waals surface area contributed by atoms with Crippen LogP contribution in [0.5, 0.6) is 11.5 Å². The molecule has 1 saturated heterocycles. The Morgan fingerprint density at radius 1 is 0.659 bits per heavy atom. The zero-order chi connectivity index (χ0) is 28.1. The van der Waals surface area contributed by atoms with Gasteiger partial charge < -0.3 is 14.0 Å². The van der Waals surface area contributed by atoms with Gasteiger partial charge in [0.1, 0.15) is 11.5 Å². The van der Waals surface area contributed by atoms with E-state index < -0.39 is 23.7 Å². The molecule has 3 aliphatic rings. The van der Waals surface area contributed by atoms with Gasteiger partial charge in [-0.2, -0.15) is 5.26 Å². The molecular formula is C36H28BNO3. The first-order valence-electron chi connectivity index (χ1n) is 14.1. The molecule has 0 bridgehead atoms. The molecule has 1 spiro atoms. The number of rotatable bonds is 1. The highest BCUT2D eigenvalue weighted by Gasteiger charge is 2.54. The third kappa shape index (κ3) is 3.12. The topological polar surface area (TPSA) is 51.5 Å². The van der Waals surface area contributed by atoms with E-state index in [1.165, 1.54) is 33.0 Å². The summed E-state index contributed by atoms with van der Waals surface area (Å²) in [6.07, 6.45) is 0. The maximum Gasteiger partial charge on any atom is 0.494 e. The van der Waals surface area contributed by atoms with Crippen LogP contribution in [0, 0.1) is 11.3 Å². The summed E-state index contributed by atoms with van der Waals surface area (Å²) in [7, 11) is -0.510. The Hall–Kier alpha value is -4.37. The zero-order valence-corrected chi connectivity index (χ0v) is 23.5. The van der Waals surface area contributed by atoms with E-state index in [9.17, 15) is 5.26 Å². The molecule has 1 unspecified atom stereocenters. The smallest absolute Gasteiger partial charge is 0.457 e. The van der Waals surface area contributed by atoms with Crippen LogP contribution in [0.2, 0.25) is 0 Å². The molecule has 1 aliphatic carbocycles. The van der Waals surface area contributed by atoms with Crippen LogP contribution in [0.4, 0.5) is 0 Å². The molecule has 0 saturated carbocycles. The SMILES string of the molecule is CC1(C)OB(c2ccc3c(c2)Oc2cc(C#N)ccc2C32c3ccccc3-c3c2ccc2ccccc32)OC1(C)C. The fourth-order valence-corrected chi connectivity index (χ4v) is 6.94.